The predicted octanol–water partition coefficient (Wildman–Crippen LogP) is 5.03. The van der Waals surface area contributed by atoms with E-state index in [2.05, 4.69) is 10.0 Å². The summed E-state index contributed by atoms with van der Waals surface area (Å²) in [6, 6.07) is 5.58. The Labute approximate surface area is 187 Å². The molecule has 1 aliphatic carbocycles. The summed E-state index contributed by atoms with van der Waals surface area (Å²) >= 11 is 18.2. The highest BCUT2D eigenvalue weighted by atomic mass is 35.5. The average molecular weight is 493 g/mol. The lowest BCUT2D eigenvalue weighted by Crippen LogP contribution is -2.33. The second-order valence-corrected chi connectivity index (χ2v) is 9.64. The largest absolute Gasteiger partial charge is 0.320 e. The molecule has 1 fully saturated rings. The number of carbonyl (C=O) groups excluding carboxylic acids is 1. The minimum Gasteiger partial charge on any atom is -0.320 e. The maximum atomic E-state index is 12.8. The van der Waals surface area contributed by atoms with Crippen molar-refractivity contribution < 1.29 is 18.1 Å². The molecule has 1 amide bonds. The van der Waals surface area contributed by atoms with E-state index in [0.29, 0.717) is 0 Å². The van der Waals surface area contributed by atoms with Gasteiger partial charge in [0.2, 0.25) is 10.0 Å². The number of amides is 1. The van der Waals surface area contributed by atoms with E-state index in [1.165, 1.54) is 12.1 Å². The molecule has 2 aromatic rings. The van der Waals surface area contributed by atoms with Gasteiger partial charge in [-0.2, -0.15) is 0 Å². The van der Waals surface area contributed by atoms with Crippen molar-refractivity contribution in [2.75, 3.05) is 5.32 Å². The van der Waals surface area contributed by atoms with Crippen LogP contribution in [0.15, 0.2) is 35.2 Å². The van der Waals surface area contributed by atoms with Gasteiger partial charge in [0.25, 0.3) is 11.6 Å². The first-order chi connectivity index (χ1) is 14.1. The van der Waals surface area contributed by atoms with Crippen molar-refractivity contribution in [1.82, 2.24) is 4.72 Å². The quantitative estimate of drug-likeness (QED) is 0.433. The van der Waals surface area contributed by atoms with Crippen LogP contribution in [-0.4, -0.2) is 25.3 Å². The fourth-order valence-electron chi connectivity index (χ4n) is 3.15. The van der Waals surface area contributed by atoms with Crippen LogP contribution < -0.4 is 10.0 Å². The van der Waals surface area contributed by atoms with E-state index in [9.17, 15) is 23.3 Å². The summed E-state index contributed by atoms with van der Waals surface area (Å²) in [4.78, 5) is 22.8. The number of hydrogen-bond acceptors (Lipinski definition) is 5. The van der Waals surface area contributed by atoms with Gasteiger partial charge in [-0.15, -0.1) is 0 Å². The van der Waals surface area contributed by atoms with E-state index in [-0.39, 0.29) is 42.9 Å². The molecule has 1 aliphatic rings. The summed E-state index contributed by atoms with van der Waals surface area (Å²) in [5, 5.41) is 13.2. The van der Waals surface area contributed by atoms with Crippen LogP contribution in [-0.2, 0) is 10.0 Å². The van der Waals surface area contributed by atoms with Crippen molar-refractivity contribution in [3.63, 3.8) is 0 Å². The Morgan fingerprint density at radius 3 is 2.33 bits per heavy atom. The van der Waals surface area contributed by atoms with Gasteiger partial charge in [-0.3, -0.25) is 14.9 Å². The molecule has 3 rings (SSSR count). The number of non-ortho nitro benzene ring substituents is 1. The molecule has 1 saturated carbocycles. The van der Waals surface area contributed by atoms with Gasteiger partial charge in [0.05, 0.1) is 31.2 Å². The number of sulfonamides is 1. The zero-order valence-electron chi connectivity index (χ0n) is 15.3. The van der Waals surface area contributed by atoms with Gasteiger partial charge in [0.1, 0.15) is 4.90 Å². The first kappa shape index (κ1) is 22.8. The van der Waals surface area contributed by atoms with Gasteiger partial charge < -0.3 is 5.32 Å². The van der Waals surface area contributed by atoms with Gasteiger partial charge in [0, 0.05) is 18.2 Å². The first-order valence-corrected chi connectivity index (χ1v) is 11.5. The third kappa shape index (κ3) is 5.04. The third-order valence-electron chi connectivity index (χ3n) is 4.64. The van der Waals surface area contributed by atoms with E-state index in [4.69, 9.17) is 34.8 Å². The monoisotopic (exact) mass is 491 g/mol. The number of benzene rings is 2. The lowest BCUT2D eigenvalue weighted by Gasteiger charge is -2.15. The number of carbonyl (C=O) groups is 1. The molecule has 0 radical (unpaired) electrons. The van der Waals surface area contributed by atoms with E-state index in [0.717, 1.165) is 43.9 Å². The molecule has 2 aromatic carbocycles. The first-order valence-electron chi connectivity index (χ1n) is 8.85. The summed E-state index contributed by atoms with van der Waals surface area (Å²) in [5.41, 5.74) is -0.466. The molecule has 8 nitrogen and oxygen atoms in total. The topological polar surface area (TPSA) is 118 Å². The number of halogens is 3. The summed E-state index contributed by atoms with van der Waals surface area (Å²) < 4.78 is 28.1. The second kappa shape index (κ2) is 9.07. The molecule has 2 N–H and O–H groups in total. The maximum Gasteiger partial charge on any atom is 0.271 e. The zero-order chi connectivity index (χ0) is 22.1. The van der Waals surface area contributed by atoms with Crippen LogP contribution in [0.2, 0.25) is 15.1 Å². The fraction of sp³-hybridized carbons (Fsp3) is 0.278. The molecule has 0 aromatic heterocycles. The van der Waals surface area contributed by atoms with Gasteiger partial charge in [-0.1, -0.05) is 47.6 Å². The molecule has 0 saturated heterocycles. The summed E-state index contributed by atoms with van der Waals surface area (Å²) in [6.07, 6.45) is 3.31. The Morgan fingerprint density at radius 2 is 1.70 bits per heavy atom. The molecule has 0 spiro atoms. The highest BCUT2D eigenvalue weighted by molar-refractivity contribution is 7.89. The van der Waals surface area contributed by atoms with Crippen LogP contribution in [0.4, 0.5) is 11.4 Å². The van der Waals surface area contributed by atoms with Gasteiger partial charge >= 0.3 is 0 Å². The number of hydrogen-bond donors (Lipinski definition) is 2. The van der Waals surface area contributed by atoms with Gasteiger partial charge in [-0.25, -0.2) is 13.1 Å². The zero-order valence-corrected chi connectivity index (χ0v) is 18.4. The highest BCUT2D eigenvalue weighted by Crippen LogP contribution is 2.32. The molecule has 12 heteroatoms. The van der Waals surface area contributed by atoms with E-state index in [1.807, 2.05) is 0 Å². The molecule has 0 bridgehead atoms. The van der Waals surface area contributed by atoms with E-state index < -0.39 is 20.9 Å². The molecule has 0 heterocycles. The standard InChI is InChI=1S/C18H16Cl3N3O5S/c19-13-6-5-11(24(26)27)7-16(13)22-18(25)12-8-17(15(21)9-14(12)20)30(28,29)23-10-3-1-2-4-10/h5-10,23H,1-4H2,(H,22,25). The number of nitrogens with one attached hydrogen (secondary N) is 2. The van der Waals surface area contributed by atoms with Crippen LogP contribution in [0.3, 0.4) is 0 Å². The number of nitro benzene ring substituents is 1. The van der Waals surface area contributed by atoms with Crippen molar-refractivity contribution in [1.29, 1.82) is 0 Å². The lowest BCUT2D eigenvalue weighted by atomic mass is 10.2. The van der Waals surface area contributed by atoms with Crippen molar-refractivity contribution in [3.8, 4) is 0 Å². The third-order valence-corrected chi connectivity index (χ3v) is 7.27. The van der Waals surface area contributed by atoms with Crippen molar-refractivity contribution >= 4 is 62.1 Å². The molecule has 0 unspecified atom stereocenters. The van der Waals surface area contributed by atoms with Crippen molar-refractivity contribution in [2.24, 2.45) is 0 Å². The molecule has 0 atom stereocenters. The van der Waals surface area contributed by atoms with Crippen LogP contribution in [0.1, 0.15) is 36.0 Å². The Bertz CT molecular complexity index is 1120. The summed E-state index contributed by atoms with van der Waals surface area (Å²) in [5.74, 6) is -0.795. The number of rotatable bonds is 6. The summed E-state index contributed by atoms with van der Waals surface area (Å²) in [6.45, 7) is 0. The minimum atomic E-state index is -3.98. The van der Waals surface area contributed by atoms with Crippen LogP contribution in [0.5, 0.6) is 0 Å². The lowest BCUT2D eigenvalue weighted by molar-refractivity contribution is -0.384. The average Bonchev–Trinajstić information content (AvgIpc) is 3.15. The molecule has 0 aliphatic heterocycles. The maximum absolute atomic E-state index is 12.8. The summed E-state index contributed by atoms with van der Waals surface area (Å²) in [7, 11) is -3.98. The highest BCUT2D eigenvalue weighted by Gasteiger charge is 2.27. The van der Waals surface area contributed by atoms with Crippen molar-refractivity contribution in [3.05, 3.63) is 61.1 Å². The van der Waals surface area contributed by atoms with Gasteiger partial charge in [-0.05, 0) is 31.0 Å². The normalized spacial score (nSPS) is 14.6. The molecule has 160 valence electrons. The predicted molar refractivity (Wildman–Crippen MR) is 115 cm³/mol. The van der Waals surface area contributed by atoms with Crippen LogP contribution in [0, 0.1) is 10.1 Å². The molecule has 30 heavy (non-hydrogen) atoms. The molecular formula is C18H16Cl3N3O5S. The number of anilines is 1. The van der Waals surface area contributed by atoms with Crippen LogP contribution in [0.25, 0.3) is 0 Å². The fourth-order valence-corrected chi connectivity index (χ4v) is 5.48. The Morgan fingerprint density at radius 1 is 1.03 bits per heavy atom. The molecular weight excluding hydrogens is 477 g/mol. The smallest absolute Gasteiger partial charge is 0.271 e. The number of nitro groups is 1. The van der Waals surface area contributed by atoms with Gasteiger partial charge in [0.15, 0.2) is 0 Å². The second-order valence-electron chi connectivity index (χ2n) is 6.74. The van der Waals surface area contributed by atoms with Crippen LogP contribution >= 0.6 is 34.8 Å². The SMILES string of the molecule is O=C(Nc1cc([N+](=O)[O-])ccc1Cl)c1cc(S(=O)(=O)NC2CCCC2)c(Cl)cc1Cl. The number of nitrogens with zero attached hydrogens (tertiary/aromatic N) is 1. The minimum absolute atomic E-state index is 0.0182. The van der Waals surface area contributed by atoms with E-state index in [1.54, 1.807) is 0 Å². The van der Waals surface area contributed by atoms with E-state index >= 15 is 0 Å². The Balaban J connectivity index is 1.92. The Hall–Kier alpha value is -1.91. The Kier molecular flexibility index (Phi) is 6.88. The van der Waals surface area contributed by atoms with Crippen molar-refractivity contribution in [2.45, 2.75) is 36.6 Å².